The molecule has 0 spiro atoms. The molecule has 1 heterocycles. The Kier molecular flexibility index (Phi) is 5.59. The number of carbonyl (C=O) groups is 1. The second-order valence-electron chi connectivity index (χ2n) is 6.53. The molecule has 30 heavy (non-hydrogen) atoms. The van der Waals surface area contributed by atoms with E-state index in [4.69, 9.17) is 17.3 Å². The molecule has 0 unspecified atom stereocenters. The molecule has 4 rings (SSSR count). The molecule has 1 aromatic heterocycles. The molecule has 0 aliphatic heterocycles. The number of hydrogen-bond acceptors (Lipinski definition) is 4. The quantitative estimate of drug-likeness (QED) is 0.453. The average molecular weight is 416 g/mol. The van der Waals surface area contributed by atoms with Crippen molar-refractivity contribution >= 4 is 35.4 Å². The summed E-state index contributed by atoms with van der Waals surface area (Å²) in [5.74, 6) is 0.0735. The molecule has 6 nitrogen and oxygen atoms in total. The number of halogens is 1. The average Bonchev–Trinajstić information content (AvgIpc) is 3.14. The number of benzene rings is 3. The van der Waals surface area contributed by atoms with Crippen molar-refractivity contribution in [3.63, 3.8) is 0 Å². The number of hydrogen-bond donors (Lipinski definition) is 2. The van der Waals surface area contributed by atoms with Gasteiger partial charge >= 0.3 is 0 Å². The summed E-state index contributed by atoms with van der Waals surface area (Å²) in [6.45, 7) is 0. The standard InChI is InChI=1S/C23H18ClN5O/c24-19-11-9-18(10-12-19)22(30)27-20-8-4-5-16(13-20)14-26-29-15-21(28-23(29)25)17-6-2-1-3-7-17/h1-15H,(H2,25,28)(H,27,30)/b26-14+. The van der Waals surface area contributed by atoms with E-state index in [0.717, 1.165) is 16.8 Å². The van der Waals surface area contributed by atoms with Crippen LogP contribution in [0, 0.1) is 0 Å². The van der Waals surface area contributed by atoms with Gasteiger partial charge in [0.1, 0.15) is 0 Å². The van der Waals surface area contributed by atoms with Crippen LogP contribution in [-0.2, 0) is 0 Å². The maximum absolute atomic E-state index is 12.4. The number of anilines is 2. The molecule has 3 aromatic carbocycles. The third kappa shape index (κ3) is 4.56. The fraction of sp³-hybridized carbons (Fsp3) is 0. The van der Waals surface area contributed by atoms with Crippen LogP contribution in [0.25, 0.3) is 11.3 Å². The molecule has 4 aromatic rings. The van der Waals surface area contributed by atoms with Gasteiger partial charge in [-0.15, -0.1) is 0 Å². The summed E-state index contributed by atoms with van der Waals surface area (Å²) in [7, 11) is 0. The Labute approximate surface area is 178 Å². The molecule has 0 atom stereocenters. The van der Waals surface area contributed by atoms with E-state index in [-0.39, 0.29) is 11.9 Å². The molecule has 0 aliphatic rings. The Bertz CT molecular complexity index is 1200. The predicted octanol–water partition coefficient (Wildman–Crippen LogP) is 4.92. The molecule has 7 heteroatoms. The van der Waals surface area contributed by atoms with Crippen LogP contribution in [-0.4, -0.2) is 21.8 Å². The van der Waals surface area contributed by atoms with Crippen molar-refractivity contribution in [1.29, 1.82) is 0 Å². The SMILES string of the molecule is Nc1nc(-c2ccccc2)cn1/N=C/c1cccc(NC(=O)c2ccc(Cl)cc2)c1. The summed E-state index contributed by atoms with van der Waals surface area (Å²) >= 11 is 5.87. The summed E-state index contributed by atoms with van der Waals surface area (Å²) in [4.78, 5) is 16.7. The Morgan fingerprint density at radius 2 is 1.80 bits per heavy atom. The molecule has 0 radical (unpaired) electrons. The summed E-state index contributed by atoms with van der Waals surface area (Å²) < 4.78 is 1.52. The van der Waals surface area contributed by atoms with E-state index in [9.17, 15) is 4.79 Å². The van der Waals surface area contributed by atoms with Crippen molar-refractivity contribution in [2.75, 3.05) is 11.1 Å². The lowest BCUT2D eigenvalue weighted by Gasteiger charge is -2.06. The molecular weight excluding hydrogens is 398 g/mol. The number of carbonyl (C=O) groups excluding carboxylic acids is 1. The van der Waals surface area contributed by atoms with E-state index in [0.29, 0.717) is 16.3 Å². The fourth-order valence-electron chi connectivity index (χ4n) is 2.86. The first-order chi connectivity index (χ1) is 14.6. The van der Waals surface area contributed by atoms with Gasteiger partial charge in [0.25, 0.3) is 5.91 Å². The summed E-state index contributed by atoms with van der Waals surface area (Å²) in [5, 5.41) is 7.84. The zero-order valence-electron chi connectivity index (χ0n) is 15.9. The van der Waals surface area contributed by atoms with E-state index in [2.05, 4.69) is 15.4 Å². The van der Waals surface area contributed by atoms with Gasteiger partial charge in [0.15, 0.2) is 0 Å². The van der Waals surface area contributed by atoms with Crippen LogP contribution in [0.2, 0.25) is 5.02 Å². The van der Waals surface area contributed by atoms with Crippen molar-refractivity contribution in [2.45, 2.75) is 0 Å². The molecular formula is C23H18ClN5O. The second-order valence-corrected chi connectivity index (χ2v) is 6.96. The van der Waals surface area contributed by atoms with Crippen LogP contribution in [0.5, 0.6) is 0 Å². The summed E-state index contributed by atoms with van der Waals surface area (Å²) in [6, 6.07) is 23.8. The zero-order chi connectivity index (χ0) is 20.9. The number of imidazole rings is 1. The minimum Gasteiger partial charge on any atom is -0.368 e. The van der Waals surface area contributed by atoms with Gasteiger partial charge in [-0.1, -0.05) is 54.1 Å². The van der Waals surface area contributed by atoms with E-state index >= 15 is 0 Å². The summed E-state index contributed by atoms with van der Waals surface area (Å²) in [6.07, 6.45) is 3.43. The Balaban J connectivity index is 1.49. The highest BCUT2D eigenvalue weighted by molar-refractivity contribution is 6.30. The van der Waals surface area contributed by atoms with Crippen LogP contribution in [0.1, 0.15) is 15.9 Å². The van der Waals surface area contributed by atoms with E-state index in [1.165, 1.54) is 4.68 Å². The first-order valence-corrected chi connectivity index (χ1v) is 9.58. The second kappa shape index (κ2) is 8.63. The van der Waals surface area contributed by atoms with Crippen molar-refractivity contribution in [2.24, 2.45) is 5.10 Å². The first kappa shape index (κ1) is 19.4. The van der Waals surface area contributed by atoms with Crippen LogP contribution >= 0.6 is 11.6 Å². The molecule has 0 saturated carbocycles. The fourth-order valence-corrected chi connectivity index (χ4v) is 2.98. The highest BCUT2D eigenvalue weighted by atomic mass is 35.5. The molecule has 1 amide bonds. The number of nitrogens with one attached hydrogen (secondary N) is 1. The third-order valence-corrected chi connectivity index (χ3v) is 4.62. The maximum atomic E-state index is 12.4. The first-order valence-electron chi connectivity index (χ1n) is 9.20. The van der Waals surface area contributed by atoms with Crippen LogP contribution in [0.15, 0.2) is 90.2 Å². The van der Waals surface area contributed by atoms with Crippen molar-refractivity contribution in [1.82, 2.24) is 9.66 Å². The maximum Gasteiger partial charge on any atom is 0.255 e. The Morgan fingerprint density at radius 3 is 2.57 bits per heavy atom. The van der Waals surface area contributed by atoms with Crippen molar-refractivity contribution in [3.05, 3.63) is 101 Å². The van der Waals surface area contributed by atoms with Gasteiger partial charge in [0.2, 0.25) is 5.95 Å². The lowest BCUT2D eigenvalue weighted by Crippen LogP contribution is -2.11. The van der Waals surface area contributed by atoms with Gasteiger partial charge < -0.3 is 11.1 Å². The molecule has 148 valence electrons. The molecule has 0 saturated heterocycles. The van der Waals surface area contributed by atoms with Gasteiger partial charge in [-0.3, -0.25) is 4.79 Å². The number of nitrogen functional groups attached to an aromatic ring is 1. The van der Waals surface area contributed by atoms with Crippen LogP contribution in [0.3, 0.4) is 0 Å². The van der Waals surface area contributed by atoms with Crippen LogP contribution in [0.4, 0.5) is 11.6 Å². The highest BCUT2D eigenvalue weighted by Crippen LogP contribution is 2.19. The smallest absolute Gasteiger partial charge is 0.255 e. The molecule has 0 fully saturated rings. The number of rotatable bonds is 5. The third-order valence-electron chi connectivity index (χ3n) is 4.37. The molecule has 3 N–H and O–H groups in total. The Hall–Kier alpha value is -3.90. The zero-order valence-corrected chi connectivity index (χ0v) is 16.6. The number of nitrogens with zero attached hydrogens (tertiary/aromatic N) is 3. The van der Waals surface area contributed by atoms with Gasteiger partial charge in [0.05, 0.1) is 18.1 Å². The molecule has 0 bridgehead atoms. The van der Waals surface area contributed by atoms with Gasteiger partial charge in [-0.25, -0.2) is 9.66 Å². The lowest BCUT2D eigenvalue weighted by molar-refractivity contribution is 0.102. The minimum absolute atomic E-state index is 0.216. The monoisotopic (exact) mass is 415 g/mol. The van der Waals surface area contributed by atoms with E-state index < -0.39 is 0 Å². The number of amides is 1. The van der Waals surface area contributed by atoms with Crippen molar-refractivity contribution in [3.8, 4) is 11.3 Å². The Morgan fingerprint density at radius 1 is 1.03 bits per heavy atom. The lowest BCUT2D eigenvalue weighted by atomic mass is 10.2. The largest absolute Gasteiger partial charge is 0.368 e. The number of nitrogens with two attached hydrogens (primary N) is 1. The summed E-state index contributed by atoms with van der Waals surface area (Å²) in [5.41, 5.74) is 9.68. The van der Waals surface area contributed by atoms with E-state index in [1.54, 1.807) is 36.7 Å². The van der Waals surface area contributed by atoms with Crippen LogP contribution < -0.4 is 11.1 Å². The highest BCUT2D eigenvalue weighted by Gasteiger charge is 2.07. The van der Waals surface area contributed by atoms with Crippen molar-refractivity contribution < 1.29 is 4.79 Å². The normalized spacial score (nSPS) is 11.0. The molecule has 0 aliphatic carbocycles. The topological polar surface area (TPSA) is 85.3 Å². The van der Waals surface area contributed by atoms with E-state index in [1.807, 2.05) is 54.6 Å². The minimum atomic E-state index is -0.216. The predicted molar refractivity (Wildman–Crippen MR) is 121 cm³/mol. The van der Waals surface area contributed by atoms with Gasteiger partial charge in [-0.2, -0.15) is 5.10 Å². The number of aromatic nitrogens is 2. The van der Waals surface area contributed by atoms with Gasteiger partial charge in [0, 0.05) is 21.8 Å². The van der Waals surface area contributed by atoms with Gasteiger partial charge in [-0.05, 0) is 42.0 Å².